The van der Waals surface area contributed by atoms with Gasteiger partial charge in [0.1, 0.15) is 11.1 Å². The fourth-order valence-electron chi connectivity index (χ4n) is 1.43. The van der Waals surface area contributed by atoms with Crippen molar-refractivity contribution < 1.29 is 4.79 Å². The fraction of sp³-hybridized carbons (Fsp3) is 0.538. The Balaban J connectivity index is 2.97. The molecule has 1 aromatic heterocycles. The Kier molecular flexibility index (Phi) is 4.15. The van der Waals surface area contributed by atoms with Crippen LogP contribution in [0.25, 0.3) is 0 Å². The number of rotatable bonds is 2. The molecule has 1 atom stereocenters. The van der Waals surface area contributed by atoms with Crippen LogP contribution >= 0.6 is 11.3 Å². The highest BCUT2D eigenvalue weighted by atomic mass is 32.1. The van der Waals surface area contributed by atoms with Crippen LogP contribution in [0.1, 0.15) is 36.8 Å². The van der Waals surface area contributed by atoms with Crippen molar-refractivity contribution in [1.82, 2.24) is 0 Å². The number of hydrogen-bond acceptors (Lipinski definition) is 4. The zero-order valence-corrected chi connectivity index (χ0v) is 12.2. The predicted octanol–water partition coefficient (Wildman–Crippen LogP) is 2.55. The topological polar surface area (TPSA) is 78.9 Å². The van der Waals surface area contributed by atoms with Crippen LogP contribution in [0, 0.1) is 30.6 Å². The minimum atomic E-state index is -0.605. The van der Waals surface area contributed by atoms with Gasteiger partial charge in [0.2, 0.25) is 5.91 Å². The van der Waals surface area contributed by atoms with Crippen LogP contribution in [0.2, 0.25) is 0 Å². The highest BCUT2D eigenvalue weighted by Crippen LogP contribution is 2.32. The molecule has 0 aliphatic rings. The molecule has 0 saturated heterocycles. The third-order valence-corrected chi connectivity index (χ3v) is 4.07. The van der Waals surface area contributed by atoms with E-state index in [2.05, 4.69) is 11.4 Å². The number of amides is 1. The molecular formula is C13H19N3OS. The Morgan fingerprint density at radius 2 is 2.00 bits per heavy atom. The van der Waals surface area contributed by atoms with E-state index in [-0.39, 0.29) is 11.3 Å². The smallest absolute Gasteiger partial charge is 0.242 e. The molecule has 1 heterocycles. The molecule has 0 fully saturated rings. The van der Waals surface area contributed by atoms with Gasteiger partial charge in [-0.25, -0.2) is 0 Å². The van der Waals surface area contributed by atoms with Crippen LogP contribution in [0.5, 0.6) is 0 Å². The van der Waals surface area contributed by atoms with E-state index in [4.69, 9.17) is 11.0 Å². The van der Waals surface area contributed by atoms with E-state index >= 15 is 0 Å². The van der Waals surface area contributed by atoms with Crippen molar-refractivity contribution in [2.45, 2.75) is 40.7 Å². The Hall–Kier alpha value is -1.38. The van der Waals surface area contributed by atoms with Crippen LogP contribution in [-0.2, 0) is 4.79 Å². The number of carbonyl (C=O) groups is 1. The van der Waals surface area contributed by atoms with Crippen molar-refractivity contribution in [3.63, 3.8) is 0 Å². The minimum Gasteiger partial charge on any atom is -0.319 e. The lowest BCUT2D eigenvalue weighted by atomic mass is 9.87. The van der Waals surface area contributed by atoms with Crippen molar-refractivity contribution in [2.75, 3.05) is 5.32 Å². The van der Waals surface area contributed by atoms with E-state index in [0.717, 1.165) is 10.4 Å². The Morgan fingerprint density at radius 1 is 1.44 bits per heavy atom. The first-order valence-corrected chi connectivity index (χ1v) is 6.56. The summed E-state index contributed by atoms with van der Waals surface area (Å²) in [7, 11) is 0. The first-order chi connectivity index (χ1) is 8.18. The van der Waals surface area contributed by atoms with E-state index in [1.165, 1.54) is 11.3 Å². The first-order valence-electron chi connectivity index (χ1n) is 5.75. The molecule has 1 amide bonds. The maximum Gasteiger partial charge on any atom is 0.242 e. The monoisotopic (exact) mass is 265 g/mol. The van der Waals surface area contributed by atoms with Gasteiger partial charge in [-0.05, 0) is 24.8 Å². The molecular weight excluding hydrogens is 246 g/mol. The van der Waals surface area contributed by atoms with Crippen LogP contribution in [0.4, 0.5) is 5.00 Å². The number of nitrogens with two attached hydrogens (primary N) is 1. The number of hydrogen-bond donors (Lipinski definition) is 2. The summed E-state index contributed by atoms with van der Waals surface area (Å²) in [6.45, 7) is 9.54. The van der Waals surface area contributed by atoms with Crippen LogP contribution in [0.15, 0.2) is 0 Å². The van der Waals surface area contributed by atoms with Gasteiger partial charge in [0, 0.05) is 4.88 Å². The van der Waals surface area contributed by atoms with Gasteiger partial charge in [-0.1, -0.05) is 20.8 Å². The number of nitrogens with zero attached hydrogens (tertiary/aromatic N) is 1. The third kappa shape index (κ3) is 2.89. The van der Waals surface area contributed by atoms with E-state index in [1.807, 2.05) is 34.6 Å². The van der Waals surface area contributed by atoms with Gasteiger partial charge < -0.3 is 11.1 Å². The quantitative estimate of drug-likeness (QED) is 0.862. The molecule has 1 aromatic rings. The highest BCUT2D eigenvalue weighted by Gasteiger charge is 2.28. The van der Waals surface area contributed by atoms with Crippen molar-refractivity contribution in [1.29, 1.82) is 5.26 Å². The number of carbonyl (C=O) groups excluding carboxylic acids is 1. The SMILES string of the molecule is Cc1sc(NC(=O)[C@H](N)C(C)(C)C)c(C#N)c1C. The second kappa shape index (κ2) is 5.09. The standard InChI is InChI=1S/C13H19N3OS/c1-7-8(2)18-12(9(7)6-14)16-11(17)10(15)13(3,4)5/h10H,15H2,1-5H3,(H,16,17)/t10-/m0/s1. The average molecular weight is 265 g/mol. The van der Waals surface area contributed by atoms with E-state index in [1.54, 1.807) is 0 Å². The maximum atomic E-state index is 12.0. The molecule has 0 unspecified atom stereocenters. The molecule has 5 heteroatoms. The van der Waals surface area contributed by atoms with Gasteiger partial charge in [0.15, 0.2) is 0 Å². The molecule has 0 saturated carbocycles. The Labute approximate surface area is 112 Å². The summed E-state index contributed by atoms with van der Waals surface area (Å²) in [6.07, 6.45) is 0. The second-order valence-corrected chi connectivity index (χ2v) is 6.66. The van der Waals surface area contributed by atoms with Gasteiger partial charge in [-0.15, -0.1) is 11.3 Å². The third-order valence-electron chi connectivity index (χ3n) is 2.95. The maximum absolute atomic E-state index is 12.0. The number of anilines is 1. The molecule has 4 nitrogen and oxygen atoms in total. The molecule has 0 spiro atoms. The zero-order chi connectivity index (χ0) is 14.1. The molecule has 0 aliphatic carbocycles. The van der Waals surface area contributed by atoms with Gasteiger partial charge in [-0.2, -0.15) is 5.26 Å². The summed E-state index contributed by atoms with van der Waals surface area (Å²) in [4.78, 5) is 13.0. The summed E-state index contributed by atoms with van der Waals surface area (Å²) in [5.74, 6) is -0.250. The molecule has 18 heavy (non-hydrogen) atoms. The summed E-state index contributed by atoms with van der Waals surface area (Å²) < 4.78 is 0. The molecule has 0 aromatic carbocycles. The van der Waals surface area contributed by atoms with Gasteiger partial charge in [-0.3, -0.25) is 4.79 Å². The van der Waals surface area contributed by atoms with Crippen molar-refractivity contribution in [3.8, 4) is 6.07 Å². The van der Waals surface area contributed by atoms with Crippen LogP contribution < -0.4 is 11.1 Å². The van der Waals surface area contributed by atoms with E-state index < -0.39 is 6.04 Å². The average Bonchev–Trinajstić information content (AvgIpc) is 2.51. The van der Waals surface area contributed by atoms with Gasteiger partial charge in [0.25, 0.3) is 0 Å². The minimum absolute atomic E-state index is 0.250. The van der Waals surface area contributed by atoms with Crippen LogP contribution in [-0.4, -0.2) is 11.9 Å². The largest absolute Gasteiger partial charge is 0.319 e. The summed E-state index contributed by atoms with van der Waals surface area (Å²) in [6, 6.07) is 1.52. The first kappa shape index (κ1) is 14.7. The lowest BCUT2D eigenvalue weighted by Gasteiger charge is -2.25. The van der Waals surface area contributed by atoms with Crippen LogP contribution in [0.3, 0.4) is 0 Å². The van der Waals surface area contributed by atoms with E-state index in [9.17, 15) is 4.79 Å². The normalized spacial score (nSPS) is 12.9. The van der Waals surface area contributed by atoms with Crippen molar-refractivity contribution in [3.05, 3.63) is 16.0 Å². The van der Waals surface area contributed by atoms with Gasteiger partial charge in [0.05, 0.1) is 11.6 Å². The zero-order valence-electron chi connectivity index (χ0n) is 11.4. The van der Waals surface area contributed by atoms with E-state index in [0.29, 0.717) is 10.6 Å². The second-order valence-electron chi connectivity index (χ2n) is 5.43. The van der Waals surface area contributed by atoms with Gasteiger partial charge >= 0.3 is 0 Å². The molecule has 98 valence electrons. The molecule has 1 rings (SSSR count). The van der Waals surface area contributed by atoms with Crippen molar-refractivity contribution in [2.24, 2.45) is 11.1 Å². The summed E-state index contributed by atoms with van der Waals surface area (Å²) in [5, 5.41) is 12.5. The lowest BCUT2D eigenvalue weighted by molar-refractivity contribution is -0.119. The Bertz CT molecular complexity index is 506. The lowest BCUT2D eigenvalue weighted by Crippen LogP contribution is -2.45. The fourth-order valence-corrected chi connectivity index (χ4v) is 2.45. The molecule has 3 N–H and O–H groups in total. The highest BCUT2D eigenvalue weighted by molar-refractivity contribution is 7.16. The van der Waals surface area contributed by atoms with Crippen molar-refractivity contribution >= 4 is 22.2 Å². The Morgan fingerprint density at radius 3 is 2.44 bits per heavy atom. The summed E-state index contributed by atoms with van der Waals surface area (Å²) in [5.41, 5.74) is 7.03. The number of nitriles is 1. The number of nitrogens with one attached hydrogen (secondary N) is 1. The summed E-state index contributed by atoms with van der Waals surface area (Å²) >= 11 is 1.41. The number of thiophene rings is 1. The molecule has 0 aliphatic heterocycles. The molecule has 0 radical (unpaired) electrons. The number of aryl methyl sites for hydroxylation is 1. The predicted molar refractivity (Wildman–Crippen MR) is 74.6 cm³/mol. The molecule has 0 bridgehead atoms.